The van der Waals surface area contributed by atoms with Crippen molar-refractivity contribution < 1.29 is 14.6 Å². The van der Waals surface area contributed by atoms with Gasteiger partial charge in [-0.2, -0.15) is 0 Å². The molecule has 1 aromatic rings. The molecule has 0 aliphatic carbocycles. The minimum absolute atomic E-state index is 0. The molecule has 1 fully saturated rings. The summed E-state index contributed by atoms with van der Waals surface area (Å²) in [6.07, 6.45) is 2.04. The first-order valence-electron chi connectivity index (χ1n) is 7.88. The van der Waals surface area contributed by atoms with Gasteiger partial charge in [-0.1, -0.05) is 12.1 Å². The zero-order valence-corrected chi connectivity index (χ0v) is 14.7. The molecule has 6 heteroatoms. The van der Waals surface area contributed by atoms with Gasteiger partial charge >= 0.3 is 5.97 Å². The van der Waals surface area contributed by atoms with Crippen LogP contribution in [0.2, 0.25) is 0 Å². The maximum Gasteiger partial charge on any atom is 0.317 e. The summed E-state index contributed by atoms with van der Waals surface area (Å²) >= 11 is 0. The van der Waals surface area contributed by atoms with Gasteiger partial charge in [0.1, 0.15) is 12.4 Å². The van der Waals surface area contributed by atoms with Crippen LogP contribution in [0.1, 0.15) is 18.4 Å². The topological polar surface area (TPSA) is 53.0 Å². The number of aryl methyl sites for hydroxylation is 1. The van der Waals surface area contributed by atoms with Gasteiger partial charge in [0.25, 0.3) is 0 Å². The van der Waals surface area contributed by atoms with Crippen molar-refractivity contribution in [3.8, 4) is 5.75 Å². The van der Waals surface area contributed by atoms with Gasteiger partial charge in [-0.05, 0) is 57.6 Å². The number of nitrogens with zero attached hydrogens (tertiary/aromatic N) is 2. The predicted molar refractivity (Wildman–Crippen MR) is 93.6 cm³/mol. The summed E-state index contributed by atoms with van der Waals surface area (Å²) in [7, 11) is 1.90. The van der Waals surface area contributed by atoms with E-state index in [0.717, 1.165) is 38.2 Å². The van der Waals surface area contributed by atoms with E-state index in [4.69, 9.17) is 9.84 Å². The fourth-order valence-electron chi connectivity index (χ4n) is 2.92. The summed E-state index contributed by atoms with van der Waals surface area (Å²) in [4.78, 5) is 15.1. The lowest BCUT2D eigenvalue weighted by atomic mass is 10.0. The first-order valence-corrected chi connectivity index (χ1v) is 7.88. The lowest BCUT2D eigenvalue weighted by molar-refractivity contribution is -0.138. The maximum atomic E-state index is 10.7. The third-order valence-electron chi connectivity index (χ3n) is 4.23. The molecule has 0 aromatic heterocycles. The number of piperidine rings is 1. The highest BCUT2D eigenvalue weighted by Crippen LogP contribution is 2.16. The number of hydrogen-bond donors (Lipinski definition) is 1. The number of likely N-dealkylation sites (N-methyl/N-ethyl adjacent to an activating group) is 1. The van der Waals surface area contributed by atoms with Crippen LogP contribution in [-0.4, -0.2) is 66.8 Å². The van der Waals surface area contributed by atoms with Crippen LogP contribution in [0.25, 0.3) is 0 Å². The Morgan fingerprint density at radius 1 is 1.39 bits per heavy atom. The normalized spacial score (nSPS) is 16.1. The maximum absolute atomic E-state index is 10.7. The molecule has 2 rings (SSSR count). The minimum atomic E-state index is -0.753. The molecule has 0 unspecified atom stereocenters. The van der Waals surface area contributed by atoms with Crippen LogP contribution in [0.3, 0.4) is 0 Å². The van der Waals surface area contributed by atoms with Crippen molar-refractivity contribution >= 4 is 18.4 Å². The molecular weight excluding hydrogens is 316 g/mol. The highest BCUT2D eigenvalue weighted by Gasteiger charge is 2.23. The Morgan fingerprint density at radius 2 is 2.09 bits per heavy atom. The molecule has 130 valence electrons. The summed E-state index contributed by atoms with van der Waals surface area (Å²) < 4.78 is 5.79. The lowest BCUT2D eigenvalue weighted by Gasteiger charge is -2.36. The van der Waals surface area contributed by atoms with Crippen LogP contribution in [0.4, 0.5) is 0 Å². The van der Waals surface area contributed by atoms with Crippen LogP contribution in [0, 0.1) is 6.92 Å². The van der Waals surface area contributed by atoms with Crippen molar-refractivity contribution in [3.63, 3.8) is 0 Å². The van der Waals surface area contributed by atoms with Crippen molar-refractivity contribution in [2.75, 3.05) is 39.8 Å². The zero-order valence-electron chi connectivity index (χ0n) is 13.9. The standard InChI is InChI=1S/C17H26N2O3.ClH/c1-14-4-3-5-16(12-14)22-11-10-19-8-6-15(7-9-19)18(2)13-17(20)21;/h3-5,12,15H,6-11,13H2,1-2H3,(H,20,21);1H. The smallest absolute Gasteiger partial charge is 0.317 e. The van der Waals surface area contributed by atoms with Gasteiger partial charge < -0.3 is 9.84 Å². The van der Waals surface area contributed by atoms with E-state index in [1.165, 1.54) is 5.56 Å². The van der Waals surface area contributed by atoms with Gasteiger partial charge in [-0.15, -0.1) is 12.4 Å². The molecule has 0 atom stereocenters. The minimum Gasteiger partial charge on any atom is -0.492 e. The van der Waals surface area contributed by atoms with E-state index < -0.39 is 5.97 Å². The van der Waals surface area contributed by atoms with E-state index in [2.05, 4.69) is 17.9 Å². The average molecular weight is 343 g/mol. The Bertz CT molecular complexity index is 490. The molecule has 1 heterocycles. The highest BCUT2D eigenvalue weighted by molar-refractivity contribution is 5.85. The number of benzene rings is 1. The third kappa shape index (κ3) is 6.77. The molecule has 23 heavy (non-hydrogen) atoms. The highest BCUT2D eigenvalue weighted by atomic mass is 35.5. The molecule has 0 spiro atoms. The number of hydrogen-bond acceptors (Lipinski definition) is 4. The van der Waals surface area contributed by atoms with Crippen LogP contribution >= 0.6 is 12.4 Å². The molecular formula is C17H27ClN2O3. The fraction of sp³-hybridized carbons (Fsp3) is 0.588. The Morgan fingerprint density at radius 3 is 2.70 bits per heavy atom. The second-order valence-corrected chi connectivity index (χ2v) is 6.05. The summed E-state index contributed by atoms with van der Waals surface area (Å²) in [5.74, 6) is 0.174. The van der Waals surface area contributed by atoms with Crippen LogP contribution in [0.5, 0.6) is 5.75 Å². The first-order chi connectivity index (χ1) is 10.5. The summed E-state index contributed by atoms with van der Waals surface area (Å²) in [5, 5.41) is 8.84. The number of rotatable bonds is 7. The third-order valence-corrected chi connectivity index (χ3v) is 4.23. The molecule has 1 aliphatic heterocycles. The average Bonchev–Trinajstić information content (AvgIpc) is 2.47. The monoisotopic (exact) mass is 342 g/mol. The second-order valence-electron chi connectivity index (χ2n) is 6.05. The van der Waals surface area contributed by atoms with Crippen molar-refractivity contribution in [1.29, 1.82) is 0 Å². The van der Waals surface area contributed by atoms with Crippen molar-refractivity contribution in [2.24, 2.45) is 0 Å². The van der Waals surface area contributed by atoms with E-state index in [-0.39, 0.29) is 19.0 Å². The quantitative estimate of drug-likeness (QED) is 0.824. The van der Waals surface area contributed by atoms with E-state index in [9.17, 15) is 4.79 Å². The Labute approximate surface area is 144 Å². The molecule has 1 aromatic carbocycles. The van der Waals surface area contributed by atoms with Crippen LogP contribution < -0.4 is 4.74 Å². The molecule has 0 amide bonds. The first kappa shape index (κ1) is 19.7. The largest absolute Gasteiger partial charge is 0.492 e. The number of carbonyl (C=O) groups is 1. The van der Waals surface area contributed by atoms with E-state index in [1.807, 2.05) is 30.1 Å². The molecule has 1 saturated heterocycles. The molecule has 1 aliphatic rings. The van der Waals surface area contributed by atoms with Crippen LogP contribution in [0.15, 0.2) is 24.3 Å². The molecule has 5 nitrogen and oxygen atoms in total. The number of ether oxygens (including phenoxy) is 1. The second kappa shape index (κ2) is 9.75. The van der Waals surface area contributed by atoms with Gasteiger partial charge in [0.15, 0.2) is 0 Å². The number of aliphatic carboxylic acids is 1. The van der Waals surface area contributed by atoms with E-state index in [0.29, 0.717) is 12.6 Å². The van der Waals surface area contributed by atoms with Gasteiger partial charge in [0, 0.05) is 12.6 Å². The molecule has 0 saturated carbocycles. The van der Waals surface area contributed by atoms with Gasteiger partial charge in [-0.25, -0.2) is 0 Å². The van der Waals surface area contributed by atoms with Crippen molar-refractivity contribution in [2.45, 2.75) is 25.8 Å². The SMILES string of the molecule is Cc1cccc(OCCN2CCC(N(C)CC(=O)O)CC2)c1.Cl. The van der Waals surface area contributed by atoms with Crippen molar-refractivity contribution in [3.05, 3.63) is 29.8 Å². The molecule has 0 radical (unpaired) electrons. The van der Waals surface area contributed by atoms with Gasteiger partial charge in [0.2, 0.25) is 0 Å². The van der Waals surface area contributed by atoms with Gasteiger partial charge in [-0.3, -0.25) is 14.6 Å². The summed E-state index contributed by atoms with van der Waals surface area (Å²) in [6.45, 7) is 5.81. The lowest BCUT2D eigenvalue weighted by Crippen LogP contribution is -2.45. The number of carboxylic acids is 1. The van der Waals surface area contributed by atoms with Crippen LogP contribution in [-0.2, 0) is 4.79 Å². The Kier molecular flexibility index (Phi) is 8.37. The fourth-order valence-corrected chi connectivity index (χ4v) is 2.92. The number of likely N-dealkylation sites (tertiary alicyclic amines) is 1. The Hall–Kier alpha value is -1.30. The van der Waals surface area contributed by atoms with Gasteiger partial charge in [0.05, 0.1) is 6.54 Å². The zero-order chi connectivity index (χ0) is 15.9. The van der Waals surface area contributed by atoms with E-state index >= 15 is 0 Å². The summed E-state index contributed by atoms with van der Waals surface area (Å²) in [6, 6.07) is 8.48. The molecule has 1 N–H and O–H groups in total. The summed E-state index contributed by atoms with van der Waals surface area (Å²) in [5.41, 5.74) is 1.21. The predicted octanol–water partition coefficient (Wildman–Crippen LogP) is 2.28. The molecule has 0 bridgehead atoms. The van der Waals surface area contributed by atoms with Crippen molar-refractivity contribution in [1.82, 2.24) is 9.80 Å². The number of halogens is 1. The van der Waals surface area contributed by atoms with E-state index in [1.54, 1.807) is 0 Å². The Balaban J connectivity index is 0.00000264. The number of carboxylic acid groups (broad SMARTS) is 1.